The number of hydrogen-bond acceptors (Lipinski definition) is 4. The third kappa shape index (κ3) is 4.93. The van der Waals surface area contributed by atoms with E-state index >= 15 is 0 Å². The van der Waals surface area contributed by atoms with Gasteiger partial charge in [-0.1, -0.05) is 36.4 Å². The van der Waals surface area contributed by atoms with Crippen molar-refractivity contribution < 1.29 is 13.2 Å². The molecular weight excluding hydrogens is 376 g/mol. The first-order valence-corrected chi connectivity index (χ1v) is 10.0. The van der Waals surface area contributed by atoms with Crippen LogP contribution in [0.3, 0.4) is 0 Å². The summed E-state index contributed by atoms with van der Waals surface area (Å²) in [5, 5.41) is 3.91. The fraction of sp³-hybridized carbons (Fsp3) is 0.100. The molecule has 0 aliphatic heterocycles. The Balaban J connectivity index is 1.67. The fourth-order valence-corrected chi connectivity index (χ4v) is 3.56. The molecule has 1 aromatic heterocycles. The number of hydrazone groups is 1. The molecule has 28 heavy (non-hydrogen) atoms. The molecule has 0 bridgehead atoms. The minimum absolute atomic E-state index is 0.0162. The van der Waals surface area contributed by atoms with Gasteiger partial charge in [-0.2, -0.15) is 5.10 Å². The van der Waals surface area contributed by atoms with Crippen LogP contribution in [-0.2, 0) is 23.6 Å². The first-order chi connectivity index (χ1) is 13.5. The number of hydrogen-bond donors (Lipinski definition) is 2. The third-order valence-corrected chi connectivity index (χ3v) is 5.46. The second-order valence-corrected chi connectivity index (χ2v) is 7.85. The molecule has 0 unspecified atom stereocenters. The van der Waals surface area contributed by atoms with Gasteiger partial charge in [-0.3, -0.25) is 4.79 Å². The zero-order valence-corrected chi connectivity index (χ0v) is 16.1. The number of carbonyl (C=O) groups is 1. The average Bonchev–Trinajstić information content (AvgIpc) is 3.12. The lowest BCUT2D eigenvalue weighted by molar-refractivity contribution is 0.0955. The topological polar surface area (TPSA) is 92.6 Å². The lowest BCUT2D eigenvalue weighted by atomic mass is 10.2. The molecule has 2 N–H and O–H groups in total. The van der Waals surface area contributed by atoms with E-state index in [0.29, 0.717) is 0 Å². The summed E-state index contributed by atoms with van der Waals surface area (Å²) in [7, 11) is -1.89. The fourth-order valence-electron chi connectivity index (χ4n) is 2.49. The highest BCUT2D eigenvalue weighted by molar-refractivity contribution is 7.89. The molecule has 144 valence electrons. The molecule has 3 rings (SSSR count). The number of sulfonamides is 1. The van der Waals surface area contributed by atoms with E-state index in [0.717, 1.165) is 11.3 Å². The Kier molecular flexibility index (Phi) is 6.03. The summed E-state index contributed by atoms with van der Waals surface area (Å²) in [5.41, 5.74) is 4.27. The average molecular weight is 396 g/mol. The van der Waals surface area contributed by atoms with Crippen molar-refractivity contribution in [1.82, 2.24) is 14.7 Å². The van der Waals surface area contributed by atoms with Crippen molar-refractivity contribution in [1.29, 1.82) is 0 Å². The number of carbonyl (C=O) groups excluding carboxylic acids is 1. The van der Waals surface area contributed by atoms with E-state index in [1.54, 1.807) is 0 Å². The molecule has 0 radical (unpaired) electrons. The molecule has 0 spiro atoms. The van der Waals surface area contributed by atoms with E-state index in [1.807, 2.05) is 60.3 Å². The van der Waals surface area contributed by atoms with Crippen LogP contribution in [0.4, 0.5) is 0 Å². The van der Waals surface area contributed by atoms with Gasteiger partial charge in [0.25, 0.3) is 5.91 Å². The van der Waals surface area contributed by atoms with Crippen molar-refractivity contribution in [2.75, 3.05) is 0 Å². The first-order valence-electron chi connectivity index (χ1n) is 8.54. The van der Waals surface area contributed by atoms with E-state index in [1.165, 1.54) is 30.5 Å². The van der Waals surface area contributed by atoms with Crippen molar-refractivity contribution in [2.24, 2.45) is 12.1 Å². The standard InChI is InChI=1S/C20H20N4O3S/c1-24-12-6-10-18(24)15-21-23-20(25)17-9-5-11-19(13-17)28(26,27)22-14-16-7-3-2-4-8-16/h2-13,15,22H,14H2,1H3,(H,23,25). The van der Waals surface area contributed by atoms with Crippen LogP contribution in [0.15, 0.2) is 82.9 Å². The van der Waals surface area contributed by atoms with Gasteiger partial charge in [0.2, 0.25) is 10.0 Å². The zero-order chi connectivity index (χ0) is 20.0. The second kappa shape index (κ2) is 8.64. The summed E-state index contributed by atoms with van der Waals surface area (Å²) in [5.74, 6) is -0.495. The van der Waals surface area contributed by atoms with Crippen LogP contribution < -0.4 is 10.1 Å². The predicted octanol–water partition coefficient (Wildman–Crippen LogP) is 2.27. The van der Waals surface area contributed by atoms with Crippen LogP contribution in [0.2, 0.25) is 0 Å². The lowest BCUT2D eigenvalue weighted by Gasteiger charge is -2.08. The van der Waals surface area contributed by atoms with Crippen molar-refractivity contribution in [3.8, 4) is 0 Å². The van der Waals surface area contributed by atoms with Crippen molar-refractivity contribution in [3.05, 3.63) is 89.7 Å². The van der Waals surface area contributed by atoms with E-state index < -0.39 is 15.9 Å². The number of nitrogens with zero attached hydrogens (tertiary/aromatic N) is 2. The van der Waals surface area contributed by atoms with E-state index in [9.17, 15) is 13.2 Å². The molecule has 0 fully saturated rings. The van der Waals surface area contributed by atoms with Gasteiger partial charge in [-0.15, -0.1) is 0 Å². The predicted molar refractivity (Wildman–Crippen MR) is 107 cm³/mol. The molecule has 1 amide bonds. The lowest BCUT2D eigenvalue weighted by Crippen LogP contribution is -2.24. The van der Waals surface area contributed by atoms with Gasteiger partial charge in [-0.25, -0.2) is 18.6 Å². The van der Waals surface area contributed by atoms with Crippen molar-refractivity contribution >= 4 is 22.1 Å². The number of nitrogens with one attached hydrogen (secondary N) is 2. The summed E-state index contributed by atoms with van der Waals surface area (Å²) in [6.07, 6.45) is 3.37. The molecular formula is C20H20N4O3S. The number of rotatable bonds is 7. The third-order valence-electron chi connectivity index (χ3n) is 4.06. The minimum Gasteiger partial charge on any atom is -0.350 e. The highest BCUT2D eigenvalue weighted by atomic mass is 32.2. The molecule has 7 nitrogen and oxygen atoms in total. The van der Waals surface area contributed by atoms with Gasteiger partial charge in [0.1, 0.15) is 0 Å². The summed E-state index contributed by atoms with van der Waals surface area (Å²) in [6, 6.07) is 18.7. The van der Waals surface area contributed by atoms with Crippen molar-refractivity contribution in [2.45, 2.75) is 11.4 Å². The van der Waals surface area contributed by atoms with Crippen LogP contribution in [0.5, 0.6) is 0 Å². The largest absolute Gasteiger partial charge is 0.350 e. The van der Waals surface area contributed by atoms with E-state index in [-0.39, 0.29) is 17.0 Å². The Labute approximate surface area is 163 Å². The zero-order valence-electron chi connectivity index (χ0n) is 15.2. The van der Waals surface area contributed by atoms with Gasteiger partial charge in [0, 0.05) is 25.4 Å². The number of amides is 1. The Bertz CT molecular complexity index is 1090. The van der Waals surface area contributed by atoms with Crippen LogP contribution in [0.25, 0.3) is 0 Å². The monoisotopic (exact) mass is 396 g/mol. The molecule has 0 atom stereocenters. The molecule has 0 saturated heterocycles. The Morgan fingerprint density at radius 3 is 2.57 bits per heavy atom. The molecule has 3 aromatic rings. The summed E-state index contributed by atoms with van der Waals surface area (Å²) < 4.78 is 29.4. The Morgan fingerprint density at radius 1 is 1.07 bits per heavy atom. The number of aryl methyl sites for hydroxylation is 1. The summed E-state index contributed by atoms with van der Waals surface area (Å²) in [4.78, 5) is 12.3. The van der Waals surface area contributed by atoms with Crippen LogP contribution in [-0.4, -0.2) is 25.1 Å². The second-order valence-electron chi connectivity index (χ2n) is 6.08. The molecule has 2 aromatic carbocycles. The van der Waals surface area contributed by atoms with Gasteiger partial charge in [0.15, 0.2) is 0 Å². The Hall–Kier alpha value is -3.23. The minimum atomic E-state index is -3.75. The van der Waals surface area contributed by atoms with Crippen LogP contribution >= 0.6 is 0 Å². The SMILES string of the molecule is Cn1cccc1C=NNC(=O)c1cccc(S(=O)(=O)NCc2ccccc2)c1. The maximum atomic E-state index is 12.5. The number of benzene rings is 2. The van der Waals surface area contributed by atoms with Gasteiger partial charge in [0.05, 0.1) is 16.8 Å². The van der Waals surface area contributed by atoms with Gasteiger partial charge < -0.3 is 4.57 Å². The van der Waals surface area contributed by atoms with Gasteiger partial charge >= 0.3 is 0 Å². The molecule has 1 heterocycles. The summed E-state index contributed by atoms with van der Waals surface area (Å²) in [6.45, 7) is 0.167. The smallest absolute Gasteiger partial charge is 0.271 e. The van der Waals surface area contributed by atoms with Crippen LogP contribution in [0.1, 0.15) is 21.6 Å². The van der Waals surface area contributed by atoms with E-state index in [2.05, 4.69) is 15.2 Å². The maximum absolute atomic E-state index is 12.5. The molecule has 0 aliphatic carbocycles. The van der Waals surface area contributed by atoms with E-state index in [4.69, 9.17) is 0 Å². The quantitative estimate of drug-likeness (QED) is 0.474. The molecule has 0 aliphatic rings. The normalized spacial score (nSPS) is 11.6. The first kappa shape index (κ1) is 19.5. The molecule has 0 saturated carbocycles. The Morgan fingerprint density at radius 2 is 1.86 bits per heavy atom. The van der Waals surface area contributed by atoms with Crippen molar-refractivity contribution in [3.63, 3.8) is 0 Å². The molecule has 8 heteroatoms. The highest BCUT2D eigenvalue weighted by Crippen LogP contribution is 2.12. The highest BCUT2D eigenvalue weighted by Gasteiger charge is 2.16. The van der Waals surface area contributed by atoms with Crippen LogP contribution in [0, 0.1) is 0 Å². The van der Waals surface area contributed by atoms with Gasteiger partial charge in [-0.05, 0) is 35.9 Å². The summed E-state index contributed by atoms with van der Waals surface area (Å²) >= 11 is 0. The number of aromatic nitrogens is 1. The maximum Gasteiger partial charge on any atom is 0.271 e.